The molecule has 9 heteroatoms. The average molecular weight is 465 g/mol. The van der Waals surface area contributed by atoms with Gasteiger partial charge >= 0.3 is 5.97 Å². The molecule has 0 fully saturated rings. The summed E-state index contributed by atoms with van der Waals surface area (Å²) in [5.41, 5.74) is 2.11. The van der Waals surface area contributed by atoms with Gasteiger partial charge in [-0.1, -0.05) is 29.8 Å². The van der Waals surface area contributed by atoms with Gasteiger partial charge in [-0.25, -0.2) is 9.18 Å². The minimum absolute atomic E-state index is 0.0517. The number of hydrogen-bond acceptors (Lipinski definition) is 5. The zero-order valence-electron chi connectivity index (χ0n) is 17.3. The Morgan fingerprint density at radius 1 is 1.23 bits per heavy atom. The Balaban J connectivity index is 2.12. The molecule has 0 radical (unpaired) electrons. The third kappa shape index (κ3) is 4.81. The van der Waals surface area contributed by atoms with Crippen LogP contribution in [0.15, 0.2) is 53.7 Å². The van der Waals surface area contributed by atoms with Crippen molar-refractivity contribution in [2.24, 2.45) is 0 Å². The number of anilines is 1. The number of hydrogen-bond donors (Lipinski definition) is 1. The maximum absolute atomic E-state index is 13.7. The Morgan fingerprint density at radius 3 is 2.65 bits per heavy atom. The van der Waals surface area contributed by atoms with Crippen molar-refractivity contribution in [2.45, 2.75) is 13.0 Å². The highest BCUT2D eigenvalue weighted by Gasteiger charge is 2.36. The van der Waals surface area contributed by atoms with Gasteiger partial charge in [-0.3, -0.25) is 4.90 Å². The van der Waals surface area contributed by atoms with E-state index in [0.717, 1.165) is 5.56 Å². The minimum Gasteiger partial charge on any atom is -0.496 e. The number of para-hydroxylation sites is 1. The minimum atomic E-state index is -0.606. The van der Waals surface area contributed by atoms with Crippen LogP contribution in [0.3, 0.4) is 0 Å². The van der Waals surface area contributed by atoms with Crippen LogP contribution in [0.1, 0.15) is 18.5 Å². The molecule has 31 heavy (non-hydrogen) atoms. The molecule has 0 spiro atoms. The van der Waals surface area contributed by atoms with Crippen LogP contribution in [0.2, 0.25) is 5.02 Å². The molecule has 0 saturated heterocycles. The first-order valence-electron chi connectivity index (χ1n) is 9.44. The van der Waals surface area contributed by atoms with E-state index in [9.17, 15) is 9.18 Å². The number of halogens is 2. The van der Waals surface area contributed by atoms with Crippen LogP contribution in [-0.2, 0) is 14.3 Å². The second kappa shape index (κ2) is 10.1. The van der Waals surface area contributed by atoms with Crippen molar-refractivity contribution in [1.82, 2.24) is 5.32 Å². The summed E-state index contributed by atoms with van der Waals surface area (Å²) in [5, 5.41) is 3.46. The number of nitrogens with one attached hydrogen (secondary N) is 1. The highest BCUT2D eigenvalue weighted by Crippen LogP contribution is 2.38. The van der Waals surface area contributed by atoms with E-state index in [2.05, 4.69) is 5.32 Å². The van der Waals surface area contributed by atoms with E-state index in [1.54, 1.807) is 25.0 Å². The number of esters is 1. The van der Waals surface area contributed by atoms with E-state index < -0.39 is 17.8 Å². The molecule has 1 heterocycles. The number of benzene rings is 2. The molecule has 1 atom stereocenters. The number of rotatable bonds is 7. The number of nitrogens with zero attached hydrogens (tertiary/aromatic N) is 1. The number of allylic oxidation sites excluding steroid dienone is 1. The first-order valence-corrected chi connectivity index (χ1v) is 10.2. The molecule has 1 aliphatic rings. The second-order valence-corrected chi connectivity index (χ2v) is 7.48. The summed E-state index contributed by atoms with van der Waals surface area (Å²) in [6.07, 6.45) is 0. The van der Waals surface area contributed by atoms with Crippen molar-refractivity contribution in [3.63, 3.8) is 0 Å². The van der Waals surface area contributed by atoms with Crippen LogP contribution in [0, 0.1) is 5.82 Å². The van der Waals surface area contributed by atoms with Gasteiger partial charge in [-0.2, -0.15) is 0 Å². The quantitative estimate of drug-likeness (QED) is 0.370. The van der Waals surface area contributed by atoms with E-state index in [0.29, 0.717) is 27.8 Å². The SMILES string of the molecule is COCCOC(=O)C1=C(C)N(c2ccc(F)c(Cl)c2)C(=S)NC1c1ccccc1OC. The fraction of sp³-hybridized carbons (Fsp3) is 0.273. The van der Waals surface area contributed by atoms with Gasteiger partial charge < -0.3 is 19.5 Å². The molecule has 6 nitrogen and oxygen atoms in total. The molecule has 0 aromatic heterocycles. The smallest absolute Gasteiger partial charge is 0.338 e. The van der Waals surface area contributed by atoms with Crippen molar-refractivity contribution >= 4 is 40.6 Å². The molecule has 1 N–H and O–H groups in total. The Morgan fingerprint density at radius 2 is 1.97 bits per heavy atom. The maximum atomic E-state index is 13.7. The summed E-state index contributed by atoms with van der Waals surface area (Å²) in [6.45, 7) is 2.11. The Labute approximate surface area is 190 Å². The number of ether oxygens (including phenoxy) is 3. The first-order chi connectivity index (χ1) is 14.9. The molecule has 164 valence electrons. The van der Waals surface area contributed by atoms with Gasteiger partial charge in [0.05, 0.1) is 30.4 Å². The number of carbonyl (C=O) groups is 1. The lowest BCUT2D eigenvalue weighted by molar-refractivity contribution is -0.140. The normalized spacial score (nSPS) is 16.2. The van der Waals surface area contributed by atoms with Crippen molar-refractivity contribution in [1.29, 1.82) is 0 Å². The topological polar surface area (TPSA) is 60.0 Å². The van der Waals surface area contributed by atoms with Crippen LogP contribution < -0.4 is 15.0 Å². The summed E-state index contributed by atoms with van der Waals surface area (Å²) in [7, 11) is 3.08. The highest BCUT2D eigenvalue weighted by atomic mass is 35.5. The van der Waals surface area contributed by atoms with Gasteiger partial charge in [0.2, 0.25) is 0 Å². The van der Waals surface area contributed by atoms with Gasteiger partial charge in [0.25, 0.3) is 0 Å². The molecule has 1 aliphatic heterocycles. The van der Waals surface area contributed by atoms with Crippen LogP contribution in [0.25, 0.3) is 0 Å². The summed E-state index contributed by atoms with van der Waals surface area (Å²) >= 11 is 11.6. The van der Waals surface area contributed by atoms with Crippen LogP contribution in [0.4, 0.5) is 10.1 Å². The number of thiocarbonyl (C=S) groups is 1. The van der Waals surface area contributed by atoms with E-state index >= 15 is 0 Å². The second-order valence-electron chi connectivity index (χ2n) is 6.69. The van der Waals surface area contributed by atoms with Gasteiger partial charge in [0, 0.05) is 24.1 Å². The lowest BCUT2D eigenvalue weighted by atomic mass is 9.94. The third-order valence-electron chi connectivity index (χ3n) is 4.84. The molecule has 3 rings (SSSR count). The first kappa shape index (κ1) is 23.0. The standard InChI is InChI=1S/C22H22ClFN2O4S/c1-13-19(21(27)30-11-10-28-2)20(15-6-4-5-7-18(15)29-3)25-22(31)26(13)14-8-9-17(24)16(23)12-14/h4-9,12,20H,10-11H2,1-3H3,(H,25,31). The fourth-order valence-corrected chi connectivity index (χ4v) is 3.91. The number of methoxy groups -OCH3 is 2. The van der Waals surface area contributed by atoms with E-state index in [4.69, 9.17) is 38.0 Å². The van der Waals surface area contributed by atoms with Crippen LogP contribution in [-0.4, -0.2) is 38.5 Å². The van der Waals surface area contributed by atoms with Gasteiger partial charge in [0.1, 0.15) is 18.2 Å². The van der Waals surface area contributed by atoms with Gasteiger partial charge in [0.15, 0.2) is 5.11 Å². The number of carbonyl (C=O) groups excluding carboxylic acids is 1. The maximum Gasteiger partial charge on any atom is 0.338 e. The fourth-order valence-electron chi connectivity index (χ4n) is 3.38. The lowest BCUT2D eigenvalue weighted by Gasteiger charge is -2.38. The third-order valence-corrected chi connectivity index (χ3v) is 5.43. The average Bonchev–Trinajstić information content (AvgIpc) is 2.75. The Hall–Kier alpha value is -2.68. The molecule has 2 aromatic carbocycles. The summed E-state index contributed by atoms with van der Waals surface area (Å²) in [4.78, 5) is 14.7. The van der Waals surface area contributed by atoms with E-state index in [1.165, 1.54) is 25.3 Å². The molecule has 0 saturated carbocycles. The molecule has 1 unspecified atom stereocenters. The summed E-state index contributed by atoms with van der Waals surface area (Å²) in [5.74, 6) is -0.483. The van der Waals surface area contributed by atoms with Crippen molar-refractivity contribution in [2.75, 3.05) is 32.3 Å². The summed E-state index contributed by atoms with van der Waals surface area (Å²) in [6, 6.07) is 11.0. The largest absolute Gasteiger partial charge is 0.496 e. The molecule has 0 aliphatic carbocycles. The Bertz CT molecular complexity index is 1030. The predicted molar refractivity (Wildman–Crippen MR) is 121 cm³/mol. The lowest BCUT2D eigenvalue weighted by Crippen LogP contribution is -2.48. The molecular formula is C22H22ClFN2O4S. The molecular weight excluding hydrogens is 443 g/mol. The molecule has 2 aromatic rings. The van der Waals surface area contributed by atoms with Crippen molar-refractivity contribution in [3.8, 4) is 5.75 Å². The predicted octanol–water partition coefficient (Wildman–Crippen LogP) is 4.39. The van der Waals surface area contributed by atoms with E-state index in [1.807, 2.05) is 18.2 Å². The zero-order chi connectivity index (χ0) is 22.5. The van der Waals surface area contributed by atoms with Crippen LogP contribution >= 0.6 is 23.8 Å². The molecule has 0 bridgehead atoms. The Kier molecular flexibility index (Phi) is 7.48. The zero-order valence-corrected chi connectivity index (χ0v) is 18.8. The summed E-state index contributed by atoms with van der Waals surface area (Å²) < 4.78 is 29.6. The van der Waals surface area contributed by atoms with Crippen molar-refractivity contribution in [3.05, 3.63) is 70.1 Å². The monoisotopic (exact) mass is 464 g/mol. The van der Waals surface area contributed by atoms with Crippen molar-refractivity contribution < 1.29 is 23.4 Å². The molecule has 0 amide bonds. The van der Waals surface area contributed by atoms with E-state index in [-0.39, 0.29) is 18.2 Å². The van der Waals surface area contributed by atoms with Gasteiger partial charge in [-0.05, 0) is 43.4 Å². The highest BCUT2D eigenvalue weighted by molar-refractivity contribution is 7.80. The van der Waals surface area contributed by atoms with Gasteiger partial charge in [-0.15, -0.1) is 0 Å². The van der Waals surface area contributed by atoms with Crippen LogP contribution in [0.5, 0.6) is 5.75 Å².